The van der Waals surface area contributed by atoms with Crippen molar-refractivity contribution in [2.75, 3.05) is 33.4 Å². The van der Waals surface area contributed by atoms with Gasteiger partial charge in [-0.25, -0.2) is 18.0 Å². The Hall–Kier alpha value is -3.96. The molecule has 0 atom stereocenters. The molecule has 10 heteroatoms. The van der Waals surface area contributed by atoms with Crippen molar-refractivity contribution in [2.24, 2.45) is 0 Å². The van der Waals surface area contributed by atoms with E-state index in [2.05, 4.69) is 55.3 Å². The summed E-state index contributed by atoms with van der Waals surface area (Å²) in [6, 6.07) is 28.4. The van der Waals surface area contributed by atoms with E-state index in [0.29, 0.717) is 17.7 Å². The van der Waals surface area contributed by atoms with Gasteiger partial charge in [-0.1, -0.05) is 99.6 Å². The highest BCUT2D eigenvalue weighted by Gasteiger charge is 2.50. The Labute approximate surface area is 295 Å². The van der Waals surface area contributed by atoms with Crippen LogP contribution in [0, 0.1) is 17.5 Å². The van der Waals surface area contributed by atoms with Gasteiger partial charge in [-0.15, -0.1) is 0 Å². The highest BCUT2D eigenvalue weighted by Crippen LogP contribution is 2.36. The molecule has 1 aliphatic rings. The summed E-state index contributed by atoms with van der Waals surface area (Å²) >= 11 is 0. The number of rotatable bonds is 13. The third kappa shape index (κ3) is 9.22. The van der Waals surface area contributed by atoms with Crippen LogP contribution in [-0.4, -0.2) is 63.5 Å². The molecule has 50 heavy (non-hydrogen) atoms. The first-order valence-corrected chi connectivity index (χ1v) is 19.1. The minimum atomic E-state index is -2.71. The number of hydrogen-bond donors (Lipinski definition) is 1. The third-order valence-electron chi connectivity index (χ3n) is 9.42. The van der Waals surface area contributed by atoms with E-state index in [0.717, 1.165) is 32.0 Å². The fourth-order valence-corrected chi connectivity index (χ4v) is 11.2. The van der Waals surface area contributed by atoms with E-state index >= 15 is 4.39 Å². The second-order valence-electron chi connectivity index (χ2n) is 14.1. The smallest absolute Gasteiger partial charge is 0.318 e. The fraction of sp³-hybridized carbons (Fsp3) is 0.375. The maximum absolute atomic E-state index is 15.4. The van der Waals surface area contributed by atoms with E-state index in [1.165, 1.54) is 33.5 Å². The van der Waals surface area contributed by atoms with E-state index in [1.54, 1.807) is 12.1 Å². The van der Waals surface area contributed by atoms with Crippen molar-refractivity contribution in [3.05, 3.63) is 131 Å². The number of carbonyl (C=O) groups excluding carboxylic acids is 1. The van der Waals surface area contributed by atoms with Gasteiger partial charge < -0.3 is 24.3 Å². The molecule has 1 N–H and O–H groups in total. The normalized spacial score (nSPS) is 14.5. The van der Waals surface area contributed by atoms with Crippen LogP contribution >= 0.6 is 0 Å². The lowest BCUT2D eigenvalue weighted by Crippen LogP contribution is -2.66. The maximum atomic E-state index is 15.4. The molecule has 6 nitrogen and oxygen atoms in total. The van der Waals surface area contributed by atoms with E-state index in [9.17, 15) is 13.6 Å². The average molecular weight is 704 g/mol. The minimum Gasteiger partial charge on any atom is -0.405 e. The maximum Gasteiger partial charge on any atom is 0.318 e. The number of hydrogen-bond acceptors (Lipinski definition) is 4. The summed E-state index contributed by atoms with van der Waals surface area (Å²) < 4.78 is 56.4. The van der Waals surface area contributed by atoms with Crippen LogP contribution in [0.15, 0.2) is 97.1 Å². The highest BCUT2D eigenvalue weighted by molar-refractivity contribution is 6.99. The Balaban J connectivity index is 1.23. The molecule has 4 aromatic rings. The number of benzene rings is 4. The van der Waals surface area contributed by atoms with Gasteiger partial charge in [-0.05, 0) is 66.1 Å². The lowest BCUT2D eigenvalue weighted by molar-refractivity contribution is 0.0842. The predicted molar refractivity (Wildman–Crippen MR) is 194 cm³/mol. The summed E-state index contributed by atoms with van der Waals surface area (Å²) in [4.78, 5) is 17.1. The molecule has 1 heterocycles. The van der Waals surface area contributed by atoms with E-state index in [1.807, 2.05) is 43.4 Å². The number of halogens is 3. The van der Waals surface area contributed by atoms with Gasteiger partial charge in [0.2, 0.25) is 0 Å². The molecule has 0 spiro atoms. The second-order valence-corrected chi connectivity index (χ2v) is 18.4. The number of carbonyl (C=O) groups is 1. The van der Waals surface area contributed by atoms with Crippen LogP contribution < -0.4 is 15.7 Å². The molecule has 1 fully saturated rings. The van der Waals surface area contributed by atoms with Crippen molar-refractivity contribution in [3.8, 4) is 0 Å². The lowest BCUT2D eigenvalue weighted by Gasteiger charge is -2.43. The van der Waals surface area contributed by atoms with Gasteiger partial charge in [-0.2, -0.15) is 0 Å². The number of amides is 2. The number of likely N-dealkylation sites (tertiary alicyclic amines) is 1. The zero-order chi connectivity index (χ0) is 35.7. The standard InChI is InChI=1S/C40H48F3N3O3Si/c1-40(2,3)50(35-11-7-5-8-12-35,36-13-9-6-10-14-36)49-24-23-48-29-32-16-15-30(25-37(32)42)27-46(28-31-17-18-33(41)26-38(31)43)39(47)44-34-19-21-45(4)22-20-34/h5-18,25-26,34H,19-24,27-29H2,1-4H3,(H,44,47). The molecule has 2 amide bonds. The summed E-state index contributed by atoms with van der Waals surface area (Å²) in [5.74, 6) is -1.89. The molecule has 0 unspecified atom stereocenters. The van der Waals surface area contributed by atoms with Crippen molar-refractivity contribution >= 4 is 24.7 Å². The van der Waals surface area contributed by atoms with Gasteiger partial charge in [0.05, 0.1) is 26.4 Å². The number of nitrogens with one attached hydrogen (secondary N) is 1. The first-order chi connectivity index (χ1) is 24.0. The summed E-state index contributed by atoms with van der Waals surface area (Å²) in [5.41, 5.74) is 1.10. The average Bonchev–Trinajstić information content (AvgIpc) is 3.09. The van der Waals surface area contributed by atoms with Gasteiger partial charge in [0.25, 0.3) is 8.32 Å². The Morgan fingerprint density at radius 1 is 0.820 bits per heavy atom. The van der Waals surface area contributed by atoms with Crippen LogP contribution in [0.3, 0.4) is 0 Å². The van der Waals surface area contributed by atoms with Gasteiger partial charge >= 0.3 is 6.03 Å². The predicted octanol–water partition coefficient (Wildman–Crippen LogP) is 7.00. The molecular formula is C40H48F3N3O3Si. The molecule has 1 aliphatic heterocycles. The number of ether oxygens (including phenoxy) is 1. The van der Waals surface area contributed by atoms with Crippen LogP contribution in [0.1, 0.15) is 50.3 Å². The van der Waals surface area contributed by atoms with Crippen molar-refractivity contribution < 1.29 is 27.1 Å². The minimum absolute atomic E-state index is 0.0175. The molecule has 0 aromatic heterocycles. The summed E-state index contributed by atoms with van der Waals surface area (Å²) in [5, 5.41) is 5.24. The number of piperidine rings is 1. The Morgan fingerprint density at radius 2 is 1.42 bits per heavy atom. The molecule has 5 rings (SSSR count). The topological polar surface area (TPSA) is 54.0 Å². The van der Waals surface area contributed by atoms with Gasteiger partial charge in [-0.3, -0.25) is 0 Å². The first kappa shape index (κ1) is 37.3. The summed E-state index contributed by atoms with van der Waals surface area (Å²) in [6.45, 7) is 8.98. The fourth-order valence-electron chi connectivity index (χ4n) is 6.70. The highest BCUT2D eigenvalue weighted by atomic mass is 28.4. The molecule has 4 aromatic carbocycles. The van der Waals surface area contributed by atoms with Crippen LogP contribution in [0.4, 0.5) is 18.0 Å². The second kappa shape index (κ2) is 16.8. The third-order valence-corrected chi connectivity index (χ3v) is 14.5. The van der Waals surface area contributed by atoms with Crippen LogP contribution in [0.2, 0.25) is 5.04 Å². The zero-order valence-corrected chi connectivity index (χ0v) is 30.4. The summed E-state index contributed by atoms with van der Waals surface area (Å²) in [7, 11) is -0.673. The number of nitrogens with zero attached hydrogens (tertiary/aromatic N) is 2. The molecule has 266 valence electrons. The van der Waals surface area contributed by atoms with Gasteiger partial charge in [0.15, 0.2) is 0 Å². The molecule has 1 saturated heterocycles. The van der Waals surface area contributed by atoms with Crippen molar-refractivity contribution in [1.29, 1.82) is 0 Å². The van der Waals surface area contributed by atoms with Crippen LogP contribution in [0.25, 0.3) is 0 Å². The zero-order valence-electron chi connectivity index (χ0n) is 29.4. The van der Waals surface area contributed by atoms with Crippen LogP contribution in [-0.2, 0) is 28.9 Å². The van der Waals surface area contributed by atoms with E-state index in [4.69, 9.17) is 9.16 Å². The van der Waals surface area contributed by atoms with E-state index < -0.39 is 25.8 Å². The lowest BCUT2D eigenvalue weighted by atomic mass is 10.1. The summed E-state index contributed by atoms with van der Waals surface area (Å²) in [6.07, 6.45) is 1.60. The number of urea groups is 1. The first-order valence-electron chi connectivity index (χ1n) is 17.2. The Kier molecular flexibility index (Phi) is 12.6. The van der Waals surface area contributed by atoms with Crippen molar-refractivity contribution in [1.82, 2.24) is 15.1 Å². The van der Waals surface area contributed by atoms with Crippen molar-refractivity contribution in [2.45, 2.75) is 64.4 Å². The monoisotopic (exact) mass is 703 g/mol. The quantitative estimate of drug-likeness (QED) is 0.120. The molecule has 0 saturated carbocycles. The largest absolute Gasteiger partial charge is 0.405 e. The molecular weight excluding hydrogens is 656 g/mol. The van der Waals surface area contributed by atoms with Gasteiger partial charge in [0, 0.05) is 29.8 Å². The van der Waals surface area contributed by atoms with Gasteiger partial charge in [0.1, 0.15) is 17.5 Å². The Morgan fingerprint density at radius 3 is 2.00 bits per heavy atom. The SMILES string of the molecule is CN1CCC(NC(=O)N(Cc2ccc(COCCO[Si](c3ccccc3)(c3ccccc3)C(C)(C)C)c(F)c2)Cc2ccc(F)cc2F)CC1. The van der Waals surface area contributed by atoms with E-state index in [-0.39, 0.29) is 49.0 Å². The molecule has 0 radical (unpaired) electrons. The molecule has 0 aliphatic carbocycles. The van der Waals surface area contributed by atoms with Crippen LogP contribution in [0.5, 0.6) is 0 Å². The van der Waals surface area contributed by atoms with Crippen molar-refractivity contribution in [3.63, 3.8) is 0 Å². The Bertz CT molecular complexity index is 1660. The molecule has 0 bridgehead atoms.